The number of fused-ring (bicyclic) bond motifs is 1. The number of rotatable bonds is 4. The van der Waals surface area contributed by atoms with Crippen molar-refractivity contribution in [3.05, 3.63) is 0 Å². The zero-order valence-electron chi connectivity index (χ0n) is 14.9. The van der Waals surface area contributed by atoms with Gasteiger partial charge < -0.3 is 0 Å². The Morgan fingerprint density at radius 3 is 2.33 bits per heavy atom. The van der Waals surface area contributed by atoms with Gasteiger partial charge >= 0.3 is 0 Å². The maximum absolute atomic E-state index is 2.66. The minimum atomic E-state index is 0.718. The highest BCUT2D eigenvalue weighted by Crippen LogP contribution is 2.59. The summed E-state index contributed by atoms with van der Waals surface area (Å²) in [6.45, 7) is 7.62. The first-order valence-corrected chi connectivity index (χ1v) is 10.1. The molecule has 0 nitrogen and oxygen atoms in total. The fourth-order valence-corrected chi connectivity index (χ4v) is 6.72. The Hall–Kier alpha value is 0. The van der Waals surface area contributed by atoms with Crippen LogP contribution < -0.4 is 0 Å². The summed E-state index contributed by atoms with van der Waals surface area (Å²) in [4.78, 5) is 0. The molecule has 122 valence electrons. The molecule has 0 spiro atoms. The van der Waals surface area contributed by atoms with Crippen LogP contribution in [0.3, 0.4) is 0 Å². The third-order valence-corrected chi connectivity index (χ3v) is 8.16. The van der Waals surface area contributed by atoms with E-state index < -0.39 is 0 Å². The molecule has 3 aliphatic rings. The Kier molecular flexibility index (Phi) is 5.01. The van der Waals surface area contributed by atoms with Crippen LogP contribution >= 0.6 is 0 Å². The second kappa shape index (κ2) is 6.63. The minimum absolute atomic E-state index is 0.718. The predicted octanol–water partition coefficient (Wildman–Crippen LogP) is 6.84. The van der Waals surface area contributed by atoms with Crippen molar-refractivity contribution in [3.8, 4) is 0 Å². The van der Waals surface area contributed by atoms with Crippen LogP contribution in [0.15, 0.2) is 0 Å². The molecule has 0 heteroatoms. The first kappa shape index (κ1) is 15.9. The van der Waals surface area contributed by atoms with Crippen LogP contribution in [0.25, 0.3) is 0 Å². The van der Waals surface area contributed by atoms with E-state index in [-0.39, 0.29) is 0 Å². The number of hydrogen-bond donors (Lipinski definition) is 0. The summed E-state index contributed by atoms with van der Waals surface area (Å²) in [5.74, 6) is 5.28. The Bertz CT molecular complexity index is 333. The van der Waals surface area contributed by atoms with Crippen molar-refractivity contribution in [2.75, 3.05) is 0 Å². The van der Waals surface area contributed by atoms with Crippen molar-refractivity contribution >= 4 is 0 Å². The van der Waals surface area contributed by atoms with Crippen molar-refractivity contribution in [1.82, 2.24) is 0 Å². The lowest BCUT2D eigenvalue weighted by Gasteiger charge is -2.46. The maximum atomic E-state index is 2.66. The molecule has 0 saturated heterocycles. The third kappa shape index (κ3) is 3.06. The molecule has 3 saturated carbocycles. The smallest absolute Gasteiger partial charge is 0.0267 e. The molecule has 3 aliphatic carbocycles. The summed E-state index contributed by atoms with van der Waals surface area (Å²) >= 11 is 0. The van der Waals surface area contributed by atoms with Crippen LogP contribution in [0.1, 0.15) is 97.8 Å². The molecular weight excluding hydrogens is 252 g/mol. The van der Waals surface area contributed by atoms with E-state index in [1.54, 1.807) is 25.7 Å². The molecule has 21 heavy (non-hydrogen) atoms. The van der Waals surface area contributed by atoms with E-state index in [0.717, 1.165) is 35.0 Å². The van der Waals surface area contributed by atoms with Gasteiger partial charge in [-0.15, -0.1) is 0 Å². The van der Waals surface area contributed by atoms with Gasteiger partial charge in [-0.1, -0.05) is 65.7 Å². The van der Waals surface area contributed by atoms with Gasteiger partial charge in [0.2, 0.25) is 0 Å². The number of hydrogen-bond acceptors (Lipinski definition) is 0. The molecule has 3 fully saturated rings. The van der Waals surface area contributed by atoms with Gasteiger partial charge in [0, 0.05) is 0 Å². The van der Waals surface area contributed by atoms with Crippen molar-refractivity contribution in [3.63, 3.8) is 0 Å². The van der Waals surface area contributed by atoms with E-state index in [4.69, 9.17) is 0 Å². The Morgan fingerprint density at radius 2 is 1.57 bits per heavy atom. The fourth-order valence-electron chi connectivity index (χ4n) is 6.72. The lowest BCUT2D eigenvalue weighted by molar-refractivity contribution is 0.0409. The predicted molar refractivity (Wildman–Crippen MR) is 92.3 cm³/mol. The molecule has 0 aromatic heterocycles. The molecule has 0 aromatic carbocycles. The molecule has 6 atom stereocenters. The van der Waals surface area contributed by atoms with Gasteiger partial charge in [-0.2, -0.15) is 0 Å². The van der Waals surface area contributed by atoms with Crippen LogP contribution in [-0.2, 0) is 0 Å². The van der Waals surface area contributed by atoms with Gasteiger partial charge in [0.15, 0.2) is 0 Å². The first-order chi connectivity index (χ1) is 10.1. The second-order valence-electron chi connectivity index (χ2n) is 9.05. The highest BCUT2D eigenvalue weighted by molar-refractivity contribution is 4.99. The van der Waals surface area contributed by atoms with E-state index in [9.17, 15) is 0 Å². The Morgan fingerprint density at radius 1 is 0.857 bits per heavy atom. The summed E-state index contributed by atoms with van der Waals surface area (Å²) in [5.41, 5.74) is 0.718. The molecule has 0 bridgehead atoms. The molecule has 1 unspecified atom stereocenters. The van der Waals surface area contributed by atoms with E-state index in [2.05, 4.69) is 20.8 Å². The zero-order chi connectivity index (χ0) is 14.9. The van der Waals surface area contributed by atoms with Crippen molar-refractivity contribution in [1.29, 1.82) is 0 Å². The van der Waals surface area contributed by atoms with Crippen LogP contribution in [-0.4, -0.2) is 0 Å². The molecule has 0 aliphatic heterocycles. The standard InChI is InChI=1S/C21H38/c1-4-19-13-14-20-18(10-7-15-21(19,20)3)12-11-17-9-6-5-8-16(17)2/h16-20H,4-15H2,1-3H3/t16-,17?,18+,19+,20+,21-/m1/s1. The monoisotopic (exact) mass is 290 g/mol. The van der Waals surface area contributed by atoms with Crippen molar-refractivity contribution < 1.29 is 0 Å². The Labute approximate surface area is 133 Å². The fraction of sp³-hybridized carbons (Fsp3) is 1.00. The van der Waals surface area contributed by atoms with E-state index in [0.29, 0.717) is 0 Å². The highest BCUT2D eigenvalue weighted by Gasteiger charge is 2.49. The van der Waals surface area contributed by atoms with Gasteiger partial charge in [0.05, 0.1) is 0 Å². The quantitative estimate of drug-likeness (QED) is 0.532. The maximum Gasteiger partial charge on any atom is -0.0267 e. The van der Waals surface area contributed by atoms with Gasteiger partial charge in [0.1, 0.15) is 0 Å². The summed E-state index contributed by atoms with van der Waals surface area (Å²) < 4.78 is 0. The third-order valence-electron chi connectivity index (χ3n) is 8.16. The molecular formula is C21H38. The minimum Gasteiger partial charge on any atom is -0.0651 e. The topological polar surface area (TPSA) is 0 Å². The summed E-state index contributed by atoms with van der Waals surface area (Å²) in [5, 5.41) is 0. The Balaban J connectivity index is 1.58. The van der Waals surface area contributed by atoms with Crippen LogP contribution in [0.2, 0.25) is 0 Å². The van der Waals surface area contributed by atoms with Crippen LogP contribution in [0, 0.1) is 35.0 Å². The normalized spacial score (nSPS) is 47.3. The molecule has 3 rings (SSSR count). The molecule has 0 heterocycles. The molecule has 0 aromatic rings. The second-order valence-corrected chi connectivity index (χ2v) is 9.05. The molecule has 0 radical (unpaired) electrons. The zero-order valence-corrected chi connectivity index (χ0v) is 14.9. The van der Waals surface area contributed by atoms with Crippen molar-refractivity contribution in [2.24, 2.45) is 35.0 Å². The SMILES string of the molecule is CC[C@H]1CC[C@H]2[C@H](CCC3CCCC[C@H]3C)CCC[C@]12C. The van der Waals surface area contributed by atoms with Gasteiger partial charge in [-0.25, -0.2) is 0 Å². The van der Waals surface area contributed by atoms with E-state index in [1.807, 2.05) is 0 Å². The van der Waals surface area contributed by atoms with Crippen LogP contribution in [0.4, 0.5) is 0 Å². The summed E-state index contributed by atoms with van der Waals surface area (Å²) in [7, 11) is 0. The summed E-state index contributed by atoms with van der Waals surface area (Å²) in [6.07, 6.45) is 18.3. The van der Waals surface area contributed by atoms with Gasteiger partial charge in [-0.3, -0.25) is 0 Å². The largest absolute Gasteiger partial charge is 0.0651 e. The average Bonchev–Trinajstić information content (AvgIpc) is 2.83. The van der Waals surface area contributed by atoms with E-state index >= 15 is 0 Å². The average molecular weight is 291 g/mol. The van der Waals surface area contributed by atoms with Crippen LogP contribution in [0.5, 0.6) is 0 Å². The summed E-state index contributed by atoms with van der Waals surface area (Å²) in [6, 6.07) is 0. The lowest BCUT2D eigenvalue weighted by Crippen LogP contribution is -2.37. The lowest BCUT2D eigenvalue weighted by atomic mass is 9.59. The first-order valence-electron chi connectivity index (χ1n) is 10.1. The molecule has 0 amide bonds. The van der Waals surface area contributed by atoms with Gasteiger partial charge in [-0.05, 0) is 67.1 Å². The highest BCUT2D eigenvalue weighted by atomic mass is 14.5. The van der Waals surface area contributed by atoms with Gasteiger partial charge in [0.25, 0.3) is 0 Å². The van der Waals surface area contributed by atoms with Crippen molar-refractivity contribution in [2.45, 2.75) is 97.8 Å². The molecule has 0 N–H and O–H groups in total. The van der Waals surface area contributed by atoms with E-state index in [1.165, 1.54) is 51.4 Å².